The maximum absolute atomic E-state index is 12.0. The molecule has 0 amide bonds. The van der Waals surface area contributed by atoms with Gasteiger partial charge in [-0.25, -0.2) is 9.31 Å². The van der Waals surface area contributed by atoms with Crippen LogP contribution in [-0.4, -0.2) is 32.0 Å². The van der Waals surface area contributed by atoms with Gasteiger partial charge < -0.3 is 4.74 Å². The van der Waals surface area contributed by atoms with Crippen molar-refractivity contribution < 1.29 is 9.53 Å². The fourth-order valence-electron chi connectivity index (χ4n) is 3.32. The second-order valence-electron chi connectivity index (χ2n) is 6.81. The highest BCUT2D eigenvalue weighted by Crippen LogP contribution is 2.22. The molecule has 4 aromatic rings. The van der Waals surface area contributed by atoms with E-state index in [1.165, 1.54) is 0 Å². The van der Waals surface area contributed by atoms with Gasteiger partial charge in [-0.1, -0.05) is 30.3 Å². The molecule has 0 aliphatic heterocycles. The summed E-state index contributed by atoms with van der Waals surface area (Å²) in [5.41, 5.74) is 6.41. The van der Waals surface area contributed by atoms with Crippen LogP contribution in [0, 0.1) is 13.8 Å². The number of rotatable bonds is 5. The first-order valence-electron chi connectivity index (χ1n) is 9.31. The van der Waals surface area contributed by atoms with Crippen molar-refractivity contribution in [3.8, 4) is 11.3 Å². The molecule has 0 unspecified atom stereocenters. The topological polar surface area (TPSA) is 61.4 Å². The van der Waals surface area contributed by atoms with E-state index in [2.05, 4.69) is 42.4 Å². The highest BCUT2D eigenvalue weighted by molar-refractivity contribution is 5.87. The van der Waals surface area contributed by atoms with Crippen molar-refractivity contribution in [2.45, 2.75) is 27.3 Å². The van der Waals surface area contributed by atoms with E-state index < -0.39 is 5.97 Å². The van der Waals surface area contributed by atoms with Crippen molar-refractivity contribution in [2.75, 3.05) is 6.61 Å². The summed E-state index contributed by atoms with van der Waals surface area (Å²) in [6.45, 7) is 6.63. The van der Waals surface area contributed by atoms with E-state index in [9.17, 15) is 4.79 Å². The highest BCUT2D eigenvalue weighted by atomic mass is 16.5. The Morgan fingerprint density at radius 1 is 1.04 bits per heavy atom. The molecule has 0 saturated carbocycles. The number of pyridine rings is 1. The minimum Gasteiger partial charge on any atom is -0.461 e. The summed E-state index contributed by atoms with van der Waals surface area (Å²) in [7, 11) is 0. The molecule has 0 saturated heterocycles. The number of carbonyl (C=O) groups excluding carboxylic acids is 1. The Hall–Kier alpha value is -3.41. The van der Waals surface area contributed by atoms with Gasteiger partial charge in [-0.2, -0.15) is 10.2 Å². The van der Waals surface area contributed by atoms with E-state index in [4.69, 9.17) is 9.84 Å². The van der Waals surface area contributed by atoms with Crippen LogP contribution in [0.3, 0.4) is 0 Å². The number of carbonyl (C=O) groups is 1. The average Bonchev–Trinajstić information content (AvgIpc) is 3.27. The van der Waals surface area contributed by atoms with E-state index in [1.54, 1.807) is 13.0 Å². The van der Waals surface area contributed by atoms with E-state index in [0.29, 0.717) is 18.8 Å². The van der Waals surface area contributed by atoms with Gasteiger partial charge in [-0.15, -0.1) is 0 Å². The van der Waals surface area contributed by atoms with Crippen LogP contribution in [0.25, 0.3) is 16.8 Å². The molecular formula is C22H22N4O2. The van der Waals surface area contributed by atoms with Crippen LogP contribution in [0.1, 0.15) is 34.4 Å². The van der Waals surface area contributed by atoms with Crippen molar-refractivity contribution in [1.82, 2.24) is 19.4 Å². The molecule has 4 rings (SSSR count). The molecule has 0 aliphatic carbocycles. The number of fused-ring (bicyclic) bond motifs is 1. The molecule has 3 aromatic heterocycles. The van der Waals surface area contributed by atoms with Crippen LogP contribution in [-0.2, 0) is 11.3 Å². The summed E-state index contributed by atoms with van der Waals surface area (Å²) in [6, 6.07) is 18.2. The number of esters is 1. The largest absolute Gasteiger partial charge is 0.461 e. The van der Waals surface area contributed by atoms with Gasteiger partial charge in [-0.05, 0) is 50.6 Å². The van der Waals surface area contributed by atoms with Crippen molar-refractivity contribution in [2.24, 2.45) is 0 Å². The zero-order chi connectivity index (χ0) is 19.7. The van der Waals surface area contributed by atoms with E-state index >= 15 is 0 Å². The van der Waals surface area contributed by atoms with Crippen LogP contribution in [0.2, 0.25) is 0 Å². The second-order valence-corrected chi connectivity index (χ2v) is 6.81. The number of nitrogens with zero attached hydrogens (tertiary/aromatic N) is 4. The van der Waals surface area contributed by atoms with Gasteiger partial charge >= 0.3 is 5.97 Å². The Morgan fingerprint density at radius 2 is 1.82 bits per heavy atom. The molecule has 6 heteroatoms. The van der Waals surface area contributed by atoms with E-state index in [-0.39, 0.29) is 0 Å². The van der Waals surface area contributed by atoms with Crippen LogP contribution in [0.5, 0.6) is 0 Å². The first-order valence-corrected chi connectivity index (χ1v) is 9.31. The summed E-state index contributed by atoms with van der Waals surface area (Å²) < 4.78 is 8.81. The molecule has 0 atom stereocenters. The van der Waals surface area contributed by atoms with Gasteiger partial charge in [0, 0.05) is 11.3 Å². The van der Waals surface area contributed by atoms with Crippen molar-refractivity contribution in [3.63, 3.8) is 0 Å². The number of aromatic nitrogens is 4. The van der Waals surface area contributed by atoms with Crippen molar-refractivity contribution >= 4 is 11.5 Å². The van der Waals surface area contributed by atoms with Gasteiger partial charge in [0.1, 0.15) is 0 Å². The molecule has 0 fully saturated rings. The molecule has 1 aromatic carbocycles. The second kappa shape index (κ2) is 7.31. The first kappa shape index (κ1) is 18.0. The van der Waals surface area contributed by atoms with Crippen LogP contribution < -0.4 is 0 Å². The molecule has 0 N–H and O–H groups in total. The normalized spacial score (nSPS) is 11.1. The fourth-order valence-corrected chi connectivity index (χ4v) is 3.32. The standard InChI is InChI=1S/C22H22N4O2/c1-4-28-22(27)21-12-16(3)25(23-21)14-19-11-15(2)10-18-13-20(24-26(18)19)17-8-6-5-7-9-17/h5-13H,4,14H2,1-3H3. The van der Waals surface area contributed by atoms with Crippen LogP contribution >= 0.6 is 0 Å². The Kier molecular flexibility index (Phi) is 4.69. The number of aryl methyl sites for hydroxylation is 2. The third-order valence-corrected chi connectivity index (χ3v) is 4.63. The first-order chi connectivity index (χ1) is 13.5. The van der Waals surface area contributed by atoms with Gasteiger partial charge in [-0.3, -0.25) is 4.68 Å². The summed E-state index contributed by atoms with van der Waals surface area (Å²) >= 11 is 0. The van der Waals surface area contributed by atoms with Gasteiger partial charge in [0.25, 0.3) is 0 Å². The van der Waals surface area contributed by atoms with E-state index in [0.717, 1.165) is 33.7 Å². The van der Waals surface area contributed by atoms with Crippen molar-refractivity contribution in [1.29, 1.82) is 0 Å². The molecule has 142 valence electrons. The number of benzene rings is 1. The maximum atomic E-state index is 12.0. The Labute approximate surface area is 163 Å². The molecule has 0 radical (unpaired) electrons. The maximum Gasteiger partial charge on any atom is 0.358 e. The Bertz CT molecular complexity index is 1140. The number of hydrogen-bond acceptors (Lipinski definition) is 4. The lowest BCUT2D eigenvalue weighted by atomic mass is 10.1. The van der Waals surface area contributed by atoms with Gasteiger partial charge in [0.15, 0.2) is 5.69 Å². The smallest absolute Gasteiger partial charge is 0.358 e. The predicted molar refractivity (Wildman–Crippen MR) is 107 cm³/mol. The zero-order valence-electron chi connectivity index (χ0n) is 16.2. The van der Waals surface area contributed by atoms with Crippen molar-refractivity contribution in [3.05, 3.63) is 77.2 Å². The molecule has 0 spiro atoms. The molecule has 0 bridgehead atoms. The Morgan fingerprint density at radius 3 is 2.57 bits per heavy atom. The van der Waals surface area contributed by atoms with Crippen LogP contribution in [0.15, 0.2) is 54.6 Å². The SMILES string of the molecule is CCOC(=O)c1cc(C)n(Cc2cc(C)cc3cc(-c4ccccc4)nn23)n1. The molecule has 3 heterocycles. The van der Waals surface area contributed by atoms with E-state index in [1.807, 2.05) is 34.3 Å². The molecule has 6 nitrogen and oxygen atoms in total. The summed E-state index contributed by atoms with van der Waals surface area (Å²) in [5.74, 6) is -0.399. The molecule has 28 heavy (non-hydrogen) atoms. The third-order valence-electron chi connectivity index (χ3n) is 4.63. The monoisotopic (exact) mass is 374 g/mol. The number of ether oxygens (including phenoxy) is 1. The lowest BCUT2D eigenvalue weighted by molar-refractivity contribution is 0.0518. The Balaban J connectivity index is 1.73. The lowest BCUT2D eigenvalue weighted by Crippen LogP contribution is -2.11. The summed E-state index contributed by atoms with van der Waals surface area (Å²) in [5, 5.41) is 9.23. The minimum atomic E-state index is -0.399. The predicted octanol–water partition coefficient (Wildman–Crippen LogP) is 4.04. The fraction of sp³-hybridized carbons (Fsp3) is 0.227. The summed E-state index contributed by atoms with van der Waals surface area (Å²) in [6.07, 6.45) is 0. The number of hydrogen-bond donors (Lipinski definition) is 0. The zero-order valence-corrected chi connectivity index (χ0v) is 16.2. The quantitative estimate of drug-likeness (QED) is 0.495. The summed E-state index contributed by atoms with van der Waals surface area (Å²) in [4.78, 5) is 12.0. The average molecular weight is 374 g/mol. The molecule has 0 aliphatic rings. The lowest BCUT2D eigenvalue weighted by Gasteiger charge is -2.08. The molecular weight excluding hydrogens is 352 g/mol. The van der Waals surface area contributed by atoms with Gasteiger partial charge in [0.2, 0.25) is 0 Å². The third kappa shape index (κ3) is 3.41. The highest BCUT2D eigenvalue weighted by Gasteiger charge is 2.15. The van der Waals surface area contributed by atoms with Crippen LogP contribution in [0.4, 0.5) is 0 Å². The van der Waals surface area contributed by atoms with Gasteiger partial charge in [0.05, 0.1) is 30.1 Å². The minimum absolute atomic E-state index is 0.327.